The third-order valence-corrected chi connectivity index (χ3v) is 3.11. The van der Waals surface area contributed by atoms with E-state index in [9.17, 15) is 10.1 Å². The van der Waals surface area contributed by atoms with E-state index < -0.39 is 4.92 Å². The Balaban J connectivity index is 2.03. The number of anilines is 2. The molecule has 6 nitrogen and oxygen atoms in total. The van der Waals surface area contributed by atoms with Crippen molar-refractivity contribution in [2.24, 2.45) is 0 Å². The number of nitro groups is 1. The summed E-state index contributed by atoms with van der Waals surface area (Å²) in [5, 5.41) is 17.8. The number of hydrogen-bond acceptors (Lipinski definition) is 6. The number of pyridine rings is 1. The largest absolute Gasteiger partial charge is 0.384 e. The third kappa shape index (κ3) is 2.95. The van der Waals surface area contributed by atoms with E-state index in [1.165, 1.54) is 17.7 Å². The van der Waals surface area contributed by atoms with Gasteiger partial charge in [-0.1, -0.05) is 0 Å². The second-order valence-corrected chi connectivity index (χ2v) is 4.45. The summed E-state index contributed by atoms with van der Waals surface area (Å²) in [7, 11) is 0. The van der Waals surface area contributed by atoms with Crippen LogP contribution in [0.15, 0.2) is 29.0 Å². The van der Waals surface area contributed by atoms with E-state index in [0.717, 1.165) is 6.42 Å². The third-order valence-electron chi connectivity index (χ3n) is 2.38. The molecule has 2 heterocycles. The fourth-order valence-electron chi connectivity index (χ4n) is 1.50. The van der Waals surface area contributed by atoms with Crippen LogP contribution in [0.3, 0.4) is 0 Å². The fraction of sp³-hybridized carbons (Fsp3) is 0.182. The first-order valence-corrected chi connectivity index (χ1v) is 6.27. The molecule has 0 bridgehead atoms. The molecule has 0 aliphatic rings. The summed E-state index contributed by atoms with van der Waals surface area (Å²) in [5.74, 6) is 0.480. The lowest BCUT2D eigenvalue weighted by atomic mass is 10.2. The molecule has 0 atom stereocenters. The molecule has 0 saturated heterocycles. The molecule has 0 aromatic carbocycles. The SMILES string of the molecule is Nc1ccc([N+](=O)[O-])c(NCCc2ccsc2)n1. The molecule has 0 saturated carbocycles. The second-order valence-electron chi connectivity index (χ2n) is 3.67. The van der Waals surface area contributed by atoms with Crippen LogP contribution in [0.25, 0.3) is 0 Å². The molecule has 2 aromatic heterocycles. The zero-order valence-corrected chi connectivity index (χ0v) is 10.3. The molecule has 0 amide bonds. The van der Waals surface area contributed by atoms with Gasteiger partial charge in [-0.05, 0) is 34.9 Å². The first kappa shape index (κ1) is 12.3. The summed E-state index contributed by atoms with van der Waals surface area (Å²) >= 11 is 1.62. The standard InChI is InChI=1S/C11H12N4O2S/c12-10-2-1-9(15(16)17)11(14-10)13-5-3-8-4-6-18-7-8/h1-2,4,6-7H,3,5H2,(H3,12,13,14). The lowest BCUT2D eigenvalue weighted by Gasteiger charge is -2.06. The Morgan fingerprint density at radius 2 is 2.28 bits per heavy atom. The van der Waals surface area contributed by atoms with Crippen LogP contribution >= 0.6 is 11.3 Å². The summed E-state index contributed by atoms with van der Waals surface area (Å²) in [5.41, 5.74) is 6.65. The molecule has 3 N–H and O–H groups in total. The van der Waals surface area contributed by atoms with E-state index >= 15 is 0 Å². The Morgan fingerprint density at radius 3 is 2.94 bits per heavy atom. The lowest BCUT2D eigenvalue weighted by Crippen LogP contribution is -2.09. The van der Waals surface area contributed by atoms with Crippen LogP contribution in [-0.2, 0) is 6.42 Å². The van der Waals surface area contributed by atoms with Crippen LogP contribution in [0, 0.1) is 10.1 Å². The topological polar surface area (TPSA) is 94.1 Å². The molecular formula is C11H12N4O2S. The van der Waals surface area contributed by atoms with E-state index in [4.69, 9.17) is 5.73 Å². The first-order valence-electron chi connectivity index (χ1n) is 5.32. The number of aromatic nitrogens is 1. The van der Waals surface area contributed by atoms with Gasteiger partial charge in [0.2, 0.25) is 5.82 Å². The van der Waals surface area contributed by atoms with Crippen molar-refractivity contribution in [1.82, 2.24) is 4.98 Å². The Labute approximate surface area is 108 Å². The second kappa shape index (κ2) is 5.46. The summed E-state index contributed by atoms with van der Waals surface area (Å²) in [6, 6.07) is 4.80. The van der Waals surface area contributed by atoms with Gasteiger partial charge in [0, 0.05) is 12.6 Å². The number of nitrogens with zero attached hydrogens (tertiary/aromatic N) is 2. The van der Waals surface area contributed by atoms with Crippen molar-refractivity contribution in [3.8, 4) is 0 Å². The first-order chi connectivity index (χ1) is 8.66. The number of nitrogens with one attached hydrogen (secondary N) is 1. The molecule has 0 fully saturated rings. The molecule has 0 aliphatic carbocycles. The minimum absolute atomic E-state index is 0.0606. The van der Waals surface area contributed by atoms with Gasteiger partial charge in [0.15, 0.2) is 0 Å². The van der Waals surface area contributed by atoms with E-state index in [0.29, 0.717) is 6.54 Å². The Hall–Kier alpha value is -2.15. The van der Waals surface area contributed by atoms with Crippen molar-refractivity contribution in [1.29, 1.82) is 0 Å². The quantitative estimate of drug-likeness (QED) is 0.638. The van der Waals surface area contributed by atoms with Crippen molar-refractivity contribution in [3.63, 3.8) is 0 Å². The molecule has 0 aliphatic heterocycles. The fourth-order valence-corrected chi connectivity index (χ4v) is 2.21. The van der Waals surface area contributed by atoms with Gasteiger partial charge in [0.05, 0.1) is 4.92 Å². The smallest absolute Gasteiger partial charge is 0.311 e. The highest BCUT2D eigenvalue weighted by Crippen LogP contribution is 2.22. The summed E-state index contributed by atoms with van der Waals surface area (Å²) in [6.45, 7) is 0.577. The lowest BCUT2D eigenvalue weighted by molar-refractivity contribution is -0.384. The molecule has 0 spiro atoms. The van der Waals surface area contributed by atoms with Crippen LogP contribution in [-0.4, -0.2) is 16.5 Å². The van der Waals surface area contributed by atoms with Gasteiger partial charge in [0.25, 0.3) is 0 Å². The van der Waals surface area contributed by atoms with Gasteiger partial charge >= 0.3 is 5.69 Å². The molecule has 2 rings (SSSR count). The van der Waals surface area contributed by atoms with Crippen molar-refractivity contribution < 1.29 is 4.92 Å². The number of hydrogen-bond donors (Lipinski definition) is 2. The van der Waals surface area contributed by atoms with Gasteiger partial charge in [0.1, 0.15) is 5.82 Å². The number of thiophene rings is 1. The molecule has 18 heavy (non-hydrogen) atoms. The highest BCUT2D eigenvalue weighted by atomic mass is 32.1. The highest BCUT2D eigenvalue weighted by Gasteiger charge is 2.14. The summed E-state index contributed by atoms with van der Waals surface area (Å²) < 4.78 is 0. The predicted octanol–water partition coefficient (Wildman–Crippen LogP) is 2.29. The maximum absolute atomic E-state index is 10.8. The van der Waals surface area contributed by atoms with E-state index in [1.807, 2.05) is 16.8 Å². The monoisotopic (exact) mass is 264 g/mol. The molecule has 2 aromatic rings. The normalized spacial score (nSPS) is 10.2. The van der Waals surface area contributed by atoms with Crippen molar-refractivity contribution >= 4 is 28.7 Å². The average molecular weight is 264 g/mol. The predicted molar refractivity (Wildman–Crippen MR) is 71.8 cm³/mol. The maximum Gasteiger partial charge on any atom is 0.311 e. The highest BCUT2D eigenvalue weighted by molar-refractivity contribution is 7.07. The number of nitrogens with two attached hydrogens (primary N) is 1. The minimum atomic E-state index is -0.473. The van der Waals surface area contributed by atoms with Gasteiger partial charge in [-0.25, -0.2) is 4.98 Å². The van der Waals surface area contributed by atoms with Crippen LogP contribution in [0.1, 0.15) is 5.56 Å². The molecular weight excluding hydrogens is 252 g/mol. The van der Waals surface area contributed by atoms with Crippen molar-refractivity contribution in [2.45, 2.75) is 6.42 Å². The Morgan fingerprint density at radius 1 is 1.44 bits per heavy atom. The van der Waals surface area contributed by atoms with E-state index in [2.05, 4.69) is 10.3 Å². The zero-order valence-electron chi connectivity index (χ0n) is 9.50. The van der Waals surface area contributed by atoms with E-state index in [1.54, 1.807) is 11.3 Å². The van der Waals surface area contributed by atoms with Crippen molar-refractivity contribution in [3.05, 3.63) is 44.6 Å². The molecule has 94 valence electrons. The number of nitrogen functional groups attached to an aromatic ring is 1. The summed E-state index contributed by atoms with van der Waals surface area (Å²) in [4.78, 5) is 14.3. The van der Waals surface area contributed by atoms with Gasteiger partial charge in [-0.3, -0.25) is 10.1 Å². The number of rotatable bonds is 5. The maximum atomic E-state index is 10.8. The van der Waals surface area contributed by atoms with E-state index in [-0.39, 0.29) is 17.3 Å². The van der Waals surface area contributed by atoms with Gasteiger partial charge < -0.3 is 11.1 Å². The molecule has 7 heteroatoms. The minimum Gasteiger partial charge on any atom is -0.384 e. The Kier molecular flexibility index (Phi) is 3.73. The zero-order chi connectivity index (χ0) is 13.0. The van der Waals surface area contributed by atoms with Gasteiger partial charge in [-0.15, -0.1) is 0 Å². The molecule has 0 radical (unpaired) electrons. The molecule has 0 unspecified atom stereocenters. The van der Waals surface area contributed by atoms with Crippen LogP contribution in [0.4, 0.5) is 17.3 Å². The van der Waals surface area contributed by atoms with Crippen LogP contribution < -0.4 is 11.1 Å². The van der Waals surface area contributed by atoms with Crippen LogP contribution in [0.5, 0.6) is 0 Å². The average Bonchev–Trinajstić information content (AvgIpc) is 2.82. The van der Waals surface area contributed by atoms with Crippen LogP contribution in [0.2, 0.25) is 0 Å². The van der Waals surface area contributed by atoms with Crippen molar-refractivity contribution in [2.75, 3.05) is 17.6 Å². The van der Waals surface area contributed by atoms with Gasteiger partial charge in [-0.2, -0.15) is 11.3 Å². The Bertz CT molecular complexity index is 542. The summed E-state index contributed by atoms with van der Waals surface area (Å²) in [6.07, 6.45) is 0.789.